The molecule has 0 aromatic carbocycles. The molecule has 0 bridgehead atoms. The lowest BCUT2D eigenvalue weighted by molar-refractivity contribution is 0.294. The Hall–Kier alpha value is -1.10. The van der Waals surface area contributed by atoms with E-state index in [-0.39, 0.29) is 0 Å². The van der Waals surface area contributed by atoms with Crippen LogP contribution in [0.15, 0.2) is 23.2 Å². The first-order chi connectivity index (χ1) is 8.81. The number of rotatable bonds is 7. The topological polar surface area (TPSA) is 39.4 Å². The Morgan fingerprint density at radius 3 is 2.94 bits per heavy atom. The lowest BCUT2D eigenvalue weighted by Crippen LogP contribution is -2.02. The third-order valence-electron chi connectivity index (χ3n) is 2.80. The largest absolute Gasteiger partial charge is 0.475 e. The van der Waals surface area contributed by atoms with Crippen LogP contribution in [0, 0.1) is 0 Å². The van der Waals surface area contributed by atoms with Gasteiger partial charge in [-0.05, 0) is 22.4 Å². The van der Waals surface area contributed by atoms with E-state index in [0.717, 1.165) is 16.7 Å². The molecular formula is C13H18BrN3O. The molecule has 0 N–H and O–H groups in total. The van der Waals surface area contributed by atoms with Crippen LogP contribution in [-0.4, -0.2) is 21.0 Å². The Labute approximate surface area is 116 Å². The van der Waals surface area contributed by atoms with Gasteiger partial charge in [-0.3, -0.25) is 4.40 Å². The number of imidazole rings is 1. The second-order valence-electron chi connectivity index (χ2n) is 4.29. The zero-order chi connectivity index (χ0) is 12.8. The van der Waals surface area contributed by atoms with Gasteiger partial charge in [-0.15, -0.1) is 0 Å². The second kappa shape index (κ2) is 6.73. The Morgan fingerprint density at radius 1 is 1.28 bits per heavy atom. The van der Waals surface area contributed by atoms with Crippen LogP contribution in [-0.2, 0) is 0 Å². The summed E-state index contributed by atoms with van der Waals surface area (Å²) < 4.78 is 8.38. The third kappa shape index (κ3) is 3.45. The highest BCUT2D eigenvalue weighted by molar-refractivity contribution is 9.10. The minimum atomic E-state index is 0.602. The highest BCUT2D eigenvalue weighted by Crippen LogP contribution is 2.19. The first-order valence-corrected chi connectivity index (χ1v) is 7.22. The maximum absolute atomic E-state index is 5.71. The average Bonchev–Trinajstić information content (AvgIpc) is 2.81. The monoisotopic (exact) mass is 311 g/mol. The van der Waals surface area contributed by atoms with Gasteiger partial charge in [0, 0.05) is 18.6 Å². The quantitative estimate of drug-likeness (QED) is 0.729. The van der Waals surface area contributed by atoms with Crippen LogP contribution in [0.3, 0.4) is 0 Å². The van der Waals surface area contributed by atoms with Crippen molar-refractivity contribution in [2.75, 3.05) is 6.61 Å². The standard InChI is InChI=1S/C13H18BrN3O/c1-2-3-4-5-6-9-18-13-12-15-7-8-17(12)10-11(14)16-13/h7-8,10H,2-6,9H2,1H3. The minimum absolute atomic E-state index is 0.602. The fourth-order valence-electron chi connectivity index (χ4n) is 1.84. The molecule has 2 rings (SSSR count). The predicted molar refractivity (Wildman–Crippen MR) is 74.9 cm³/mol. The molecule has 0 saturated heterocycles. The molecule has 0 saturated carbocycles. The van der Waals surface area contributed by atoms with Gasteiger partial charge in [0.25, 0.3) is 5.88 Å². The van der Waals surface area contributed by atoms with Crippen LogP contribution >= 0.6 is 15.9 Å². The van der Waals surface area contributed by atoms with E-state index in [1.807, 2.05) is 16.8 Å². The average molecular weight is 312 g/mol. The highest BCUT2D eigenvalue weighted by atomic mass is 79.9. The normalized spacial score (nSPS) is 11.0. The van der Waals surface area contributed by atoms with E-state index in [9.17, 15) is 0 Å². The lowest BCUT2D eigenvalue weighted by atomic mass is 10.2. The van der Waals surface area contributed by atoms with Gasteiger partial charge in [-0.25, -0.2) is 9.97 Å². The minimum Gasteiger partial charge on any atom is -0.475 e. The fraction of sp³-hybridized carbons (Fsp3) is 0.538. The van der Waals surface area contributed by atoms with Crippen LogP contribution in [0.25, 0.3) is 5.65 Å². The molecule has 0 aliphatic heterocycles. The van der Waals surface area contributed by atoms with E-state index in [2.05, 4.69) is 32.8 Å². The summed E-state index contributed by atoms with van der Waals surface area (Å²) in [6, 6.07) is 0. The zero-order valence-electron chi connectivity index (χ0n) is 10.6. The van der Waals surface area contributed by atoms with Gasteiger partial charge in [0.2, 0.25) is 5.65 Å². The van der Waals surface area contributed by atoms with Crippen molar-refractivity contribution < 1.29 is 4.74 Å². The molecule has 4 nitrogen and oxygen atoms in total. The van der Waals surface area contributed by atoms with E-state index < -0.39 is 0 Å². The Bertz CT molecular complexity index is 498. The van der Waals surface area contributed by atoms with Crippen molar-refractivity contribution in [3.05, 3.63) is 23.2 Å². The van der Waals surface area contributed by atoms with Crippen molar-refractivity contribution in [3.63, 3.8) is 0 Å². The molecule has 0 radical (unpaired) electrons. The van der Waals surface area contributed by atoms with E-state index in [1.54, 1.807) is 6.20 Å². The summed E-state index contributed by atoms with van der Waals surface area (Å²) in [5.74, 6) is 0.602. The van der Waals surface area contributed by atoms with Crippen LogP contribution < -0.4 is 4.74 Å². The maximum atomic E-state index is 5.71. The number of unbranched alkanes of at least 4 members (excludes halogenated alkanes) is 4. The van der Waals surface area contributed by atoms with Gasteiger partial charge >= 0.3 is 0 Å². The van der Waals surface area contributed by atoms with E-state index in [0.29, 0.717) is 12.5 Å². The summed E-state index contributed by atoms with van der Waals surface area (Å²) in [6.45, 7) is 2.92. The number of fused-ring (bicyclic) bond motifs is 1. The molecule has 0 aliphatic rings. The van der Waals surface area contributed by atoms with Gasteiger partial charge in [0.05, 0.1) is 6.61 Å². The van der Waals surface area contributed by atoms with Crippen LogP contribution in [0.5, 0.6) is 5.88 Å². The lowest BCUT2D eigenvalue weighted by Gasteiger charge is -2.06. The molecule has 0 spiro atoms. The van der Waals surface area contributed by atoms with Crippen LogP contribution in [0.2, 0.25) is 0 Å². The molecule has 18 heavy (non-hydrogen) atoms. The molecule has 0 atom stereocenters. The SMILES string of the molecule is CCCCCCCOc1nc(Br)cn2ccnc12. The Morgan fingerprint density at radius 2 is 2.11 bits per heavy atom. The zero-order valence-corrected chi connectivity index (χ0v) is 12.2. The van der Waals surface area contributed by atoms with Gasteiger partial charge in [-0.2, -0.15) is 0 Å². The number of hydrogen-bond donors (Lipinski definition) is 0. The fourth-order valence-corrected chi connectivity index (χ4v) is 2.23. The van der Waals surface area contributed by atoms with E-state index in [1.165, 1.54) is 25.7 Å². The van der Waals surface area contributed by atoms with Crippen LogP contribution in [0.1, 0.15) is 39.0 Å². The van der Waals surface area contributed by atoms with Gasteiger partial charge in [0.1, 0.15) is 4.60 Å². The number of nitrogens with zero attached hydrogens (tertiary/aromatic N) is 3. The molecule has 0 fully saturated rings. The van der Waals surface area contributed by atoms with Crippen molar-refractivity contribution in [1.29, 1.82) is 0 Å². The summed E-state index contributed by atoms with van der Waals surface area (Å²) >= 11 is 3.37. The summed E-state index contributed by atoms with van der Waals surface area (Å²) in [5, 5.41) is 0. The number of aromatic nitrogens is 3. The molecule has 98 valence electrons. The molecule has 2 aromatic heterocycles. The number of halogens is 1. The van der Waals surface area contributed by atoms with E-state index in [4.69, 9.17) is 4.74 Å². The molecule has 0 aliphatic carbocycles. The molecule has 0 unspecified atom stereocenters. The molecular weight excluding hydrogens is 294 g/mol. The van der Waals surface area contributed by atoms with Gasteiger partial charge in [0.15, 0.2) is 0 Å². The number of hydrogen-bond acceptors (Lipinski definition) is 3. The first kappa shape index (κ1) is 13.3. The second-order valence-corrected chi connectivity index (χ2v) is 5.10. The van der Waals surface area contributed by atoms with E-state index >= 15 is 0 Å². The van der Waals surface area contributed by atoms with Crippen molar-refractivity contribution in [2.45, 2.75) is 39.0 Å². The van der Waals surface area contributed by atoms with Crippen molar-refractivity contribution in [2.24, 2.45) is 0 Å². The highest BCUT2D eigenvalue weighted by Gasteiger charge is 2.07. The number of ether oxygens (including phenoxy) is 1. The summed E-state index contributed by atoms with van der Waals surface area (Å²) in [7, 11) is 0. The summed E-state index contributed by atoms with van der Waals surface area (Å²) in [5.41, 5.74) is 0.770. The Balaban J connectivity index is 1.89. The molecule has 5 heteroatoms. The molecule has 0 amide bonds. The first-order valence-electron chi connectivity index (χ1n) is 6.43. The molecule has 2 aromatic rings. The van der Waals surface area contributed by atoms with Gasteiger partial charge in [-0.1, -0.05) is 32.6 Å². The van der Waals surface area contributed by atoms with Crippen LogP contribution in [0.4, 0.5) is 0 Å². The third-order valence-corrected chi connectivity index (χ3v) is 3.18. The molecule has 2 heterocycles. The van der Waals surface area contributed by atoms with Gasteiger partial charge < -0.3 is 4.74 Å². The van der Waals surface area contributed by atoms with Crippen molar-refractivity contribution in [1.82, 2.24) is 14.4 Å². The maximum Gasteiger partial charge on any atom is 0.259 e. The summed E-state index contributed by atoms with van der Waals surface area (Å²) in [4.78, 5) is 8.56. The Kier molecular flexibility index (Phi) is 4.99. The summed E-state index contributed by atoms with van der Waals surface area (Å²) in [6.07, 6.45) is 11.6. The van der Waals surface area contributed by atoms with Crippen molar-refractivity contribution in [3.8, 4) is 5.88 Å². The van der Waals surface area contributed by atoms with Crippen molar-refractivity contribution >= 4 is 21.6 Å². The predicted octanol–water partition coefficient (Wildman–Crippen LogP) is 3.84. The smallest absolute Gasteiger partial charge is 0.259 e.